The van der Waals surface area contributed by atoms with Gasteiger partial charge in [0, 0.05) is 18.8 Å². The number of nitrogens with one attached hydrogen (secondary N) is 2. The third kappa shape index (κ3) is 5.21. The average Bonchev–Trinajstić information content (AvgIpc) is 2.77. The number of hydrogen-bond acceptors (Lipinski definition) is 9. The monoisotopic (exact) mass is 405 g/mol. The fraction of sp³-hybridized carbons (Fsp3) is 0.238. The van der Waals surface area contributed by atoms with Crippen LogP contribution in [-0.4, -0.2) is 52.6 Å². The second kappa shape index (κ2) is 9.19. The molecule has 4 rings (SSSR count). The predicted octanol–water partition coefficient (Wildman–Crippen LogP) is 2.91. The highest BCUT2D eigenvalue weighted by Gasteiger charge is 2.16. The zero-order valence-electron chi connectivity index (χ0n) is 16.6. The van der Waals surface area contributed by atoms with Crippen molar-refractivity contribution in [3.8, 4) is 5.75 Å². The van der Waals surface area contributed by atoms with Crippen molar-refractivity contribution in [2.45, 2.75) is 6.92 Å². The van der Waals surface area contributed by atoms with Crippen LogP contribution in [0.3, 0.4) is 0 Å². The number of ether oxygens (including phenoxy) is 1. The summed E-state index contributed by atoms with van der Waals surface area (Å²) in [7, 11) is 0. The number of hydrazone groups is 1. The van der Waals surface area contributed by atoms with Gasteiger partial charge in [-0.25, -0.2) is 5.43 Å². The Morgan fingerprint density at radius 3 is 2.40 bits per heavy atom. The van der Waals surface area contributed by atoms with Crippen LogP contribution < -0.4 is 15.6 Å². The minimum absolute atomic E-state index is 0.208. The van der Waals surface area contributed by atoms with Gasteiger partial charge in [-0.05, 0) is 48.9 Å². The lowest BCUT2D eigenvalue weighted by Gasteiger charge is -2.27. The van der Waals surface area contributed by atoms with E-state index in [2.05, 4.69) is 35.7 Å². The van der Waals surface area contributed by atoms with Gasteiger partial charge < -0.3 is 20.1 Å². The first-order chi connectivity index (χ1) is 14.7. The van der Waals surface area contributed by atoms with Crippen LogP contribution in [-0.2, 0) is 4.74 Å². The molecule has 2 aromatic carbocycles. The molecular weight excluding hydrogens is 382 g/mol. The number of anilines is 4. The van der Waals surface area contributed by atoms with E-state index in [1.54, 1.807) is 30.5 Å². The van der Waals surface area contributed by atoms with Crippen molar-refractivity contribution >= 4 is 29.7 Å². The first kappa shape index (κ1) is 19.6. The smallest absolute Gasteiger partial charge is 0.250 e. The van der Waals surface area contributed by atoms with E-state index < -0.39 is 0 Å². The summed E-state index contributed by atoms with van der Waals surface area (Å²) < 4.78 is 5.43. The lowest BCUT2D eigenvalue weighted by molar-refractivity contribution is 0.122. The minimum Gasteiger partial charge on any atom is -0.508 e. The molecule has 9 nitrogen and oxygen atoms in total. The zero-order valence-corrected chi connectivity index (χ0v) is 16.6. The van der Waals surface area contributed by atoms with Gasteiger partial charge in [0.2, 0.25) is 17.8 Å². The number of nitrogens with zero attached hydrogens (tertiary/aromatic N) is 5. The van der Waals surface area contributed by atoms with E-state index in [4.69, 9.17) is 4.74 Å². The van der Waals surface area contributed by atoms with Crippen LogP contribution in [0.25, 0.3) is 0 Å². The van der Waals surface area contributed by atoms with E-state index in [1.807, 2.05) is 31.2 Å². The Labute approximate surface area is 174 Å². The predicted molar refractivity (Wildman–Crippen MR) is 117 cm³/mol. The quantitative estimate of drug-likeness (QED) is 0.424. The molecule has 3 N–H and O–H groups in total. The molecule has 1 fully saturated rings. The van der Waals surface area contributed by atoms with Crippen molar-refractivity contribution in [2.24, 2.45) is 5.10 Å². The van der Waals surface area contributed by atoms with E-state index in [-0.39, 0.29) is 5.75 Å². The summed E-state index contributed by atoms with van der Waals surface area (Å²) >= 11 is 0. The van der Waals surface area contributed by atoms with Crippen LogP contribution in [0.2, 0.25) is 0 Å². The highest BCUT2D eigenvalue weighted by Crippen LogP contribution is 2.19. The maximum absolute atomic E-state index is 9.37. The summed E-state index contributed by atoms with van der Waals surface area (Å²) in [6.07, 6.45) is 1.63. The molecule has 1 aliphatic heterocycles. The van der Waals surface area contributed by atoms with Crippen molar-refractivity contribution < 1.29 is 9.84 Å². The summed E-state index contributed by atoms with van der Waals surface area (Å²) in [5, 5.41) is 16.8. The van der Waals surface area contributed by atoms with Crippen molar-refractivity contribution in [1.29, 1.82) is 0 Å². The normalized spacial score (nSPS) is 14.1. The van der Waals surface area contributed by atoms with E-state index in [9.17, 15) is 5.11 Å². The highest BCUT2D eigenvalue weighted by atomic mass is 16.5. The highest BCUT2D eigenvalue weighted by molar-refractivity contribution is 5.80. The van der Waals surface area contributed by atoms with Gasteiger partial charge in [-0.2, -0.15) is 20.1 Å². The van der Waals surface area contributed by atoms with Crippen LogP contribution in [0.5, 0.6) is 5.75 Å². The van der Waals surface area contributed by atoms with Gasteiger partial charge in [0.25, 0.3) is 0 Å². The number of phenols is 1. The summed E-state index contributed by atoms with van der Waals surface area (Å²) in [6.45, 7) is 4.73. The molecule has 0 atom stereocenters. The van der Waals surface area contributed by atoms with Crippen LogP contribution in [0.1, 0.15) is 11.1 Å². The second-order valence-corrected chi connectivity index (χ2v) is 6.83. The molecule has 2 heterocycles. The Morgan fingerprint density at radius 2 is 1.67 bits per heavy atom. The van der Waals surface area contributed by atoms with Crippen LogP contribution in [0, 0.1) is 6.92 Å². The van der Waals surface area contributed by atoms with E-state index >= 15 is 0 Å². The van der Waals surface area contributed by atoms with E-state index in [0.717, 1.165) is 11.3 Å². The van der Waals surface area contributed by atoms with Crippen molar-refractivity contribution in [3.05, 3.63) is 59.7 Å². The Morgan fingerprint density at radius 1 is 0.967 bits per heavy atom. The number of aromatic hydroxyl groups is 1. The average molecular weight is 405 g/mol. The van der Waals surface area contributed by atoms with Gasteiger partial charge >= 0.3 is 0 Å². The summed E-state index contributed by atoms with van der Waals surface area (Å²) in [6, 6.07) is 14.7. The Kier molecular flexibility index (Phi) is 6.00. The summed E-state index contributed by atoms with van der Waals surface area (Å²) in [5.41, 5.74) is 5.77. The van der Waals surface area contributed by atoms with Gasteiger partial charge in [-0.1, -0.05) is 17.7 Å². The lowest BCUT2D eigenvalue weighted by Crippen LogP contribution is -2.37. The SMILES string of the molecule is Cc1ccc(Nc2nc(N/N=C/c3ccc(O)cc3)nc(N3CCOCC3)n2)cc1. The van der Waals surface area contributed by atoms with Gasteiger partial charge in [0.05, 0.1) is 19.4 Å². The van der Waals surface area contributed by atoms with Gasteiger partial charge in [-0.15, -0.1) is 0 Å². The number of phenolic OH excluding ortho intramolecular Hbond substituents is 1. The largest absolute Gasteiger partial charge is 0.508 e. The Balaban J connectivity index is 1.55. The molecule has 0 aliphatic carbocycles. The number of aromatic nitrogens is 3. The maximum atomic E-state index is 9.37. The minimum atomic E-state index is 0.208. The molecule has 0 bridgehead atoms. The summed E-state index contributed by atoms with van der Waals surface area (Å²) in [4.78, 5) is 15.6. The van der Waals surface area contributed by atoms with Crippen molar-refractivity contribution in [1.82, 2.24) is 15.0 Å². The Hall–Kier alpha value is -3.72. The van der Waals surface area contributed by atoms with Gasteiger partial charge in [-0.3, -0.25) is 0 Å². The van der Waals surface area contributed by atoms with Crippen LogP contribution >= 0.6 is 0 Å². The zero-order chi connectivity index (χ0) is 20.8. The number of rotatable bonds is 6. The Bertz CT molecular complexity index is 1000. The molecule has 9 heteroatoms. The molecule has 1 aliphatic rings. The third-order valence-corrected chi connectivity index (χ3v) is 4.50. The van der Waals surface area contributed by atoms with E-state index in [1.165, 1.54) is 5.56 Å². The second-order valence-electron chi connectivity index (χ2n) is 6.83. The molecule has 0 spiro atoms. The van der Waals surface area contributed by atoms with Crippen LogP contribution in [0.15, 0.2) is 53.6 Å². The molecule has 3 aromatic rings. The van der Waals surface area contributed by atoms with Crippen molar-refractivity contribution in [2.75, 3.05) is 41.9 Å². The molecular formula is C21H23N7O2. The molecule has 154 valence electrons. The molecule has 1 saturated heterocycles. The molecule has 1 aromatic heterocycles. The lowest BCUT2D eigenvalue weighted by atomic mass is 10.2. The number of morpholine rings is 1. The molecule has 0 saturated carbocycles. The third-order valence-electron chi connectivity index (χ3n) is 4.50. The first-order valence-electron chi connectivity index (χ1n) is 9.66. The topological polar surface area (TPSA) is 108 Å². The van der Waals surface area contributed by atoms with Crippen molar-refractivity contribution in [3.63, 3.8) is 0 Å². The number of aryl methyl sites for hydroxylation is 1. The number of hydrogen-bond donors (Lipinski definition) is 3. The standard InChI is InChI=1S/C21H23N7O2/c1-15-2-6-17(7-3-15)23-19-24-20(26-21(25-19)28-10-12-30-13-11-28)27-22-14-16-4-8-18(29)9-5-16/h2-9,14,29H,10-13H2,1H3,(H2,23,24,25,26,27)/b22-14+. The molecule has 0 radical (unpaired) electrons. The fourth-order valence-electron chi connectivity index (χ4n) is 2.87. The molecule has 0 amide bonds. The number of benzene rings is 2. The molecule has 0 unspecified atom stereocenters. The first-order valence-corrected chi connectivity index (χ1v) is 9.66. The molecule has 30 heavy (non-hydrogen) atoms. The van der Waals surface area contributed by atoms with Gasteiger partial charge in [0.15, 0.2) is 0 Å². The summed E-state index contributed by atoms with van der Waals surface area (Å²) in [5.74, 6) is 1.53. The maximum Gasteiger partial charge on any atom is 0.250 e. The van der Waals surface area contributed by atoms with Crippen LogP contribution in [0.4, 0.5) is 23.5 Å². The van der Waals surface area contributed by atoms with Gasteiger partial charge in [0.1, 0.15) is 5.75 Å². The van der Waals surface area contributed by atoms with E-state index in [0.29, 0.717) is 44.1 Å². The fourth-order valence-corrected chi connectivity index (χ4v) is 2.87.